The van der Waals surface area contributed by atoms with Gasteiger partial charge in [0.2, 0.25) is 5.91 Å². The topological polar surface area (TPSA) is 74.8 Å². The summed E-state index contributed by atoms with van der Waals surface area (Å²) in [6.45, 7) is 5.69. The quantitative estimate of drug-likeness (QED) is 0.881. The van der Waals surface area contributed by atoms with Crippen LogP contribution in [-0.4, -0.2) is 21.9 Å². The number of aromatic amines is 1. The SMILES string of the molecule is Cc1nc(C)c(CC(=O)N[C@@H]2CCCC[C@H]2C)c(=O)[nH]1. The van der Waals surface area contributed by atoms with Crippen molar-refractivity contribution < 1.29 is 4.79 Å². The van der Waals surface area contributed by atoms with Crippen LogP contribution >= 0.6 is 0 Å². The fourth-order valence-electron chi connectivity index (χ4n) is 2.91. The molecule has 1 amide bonds. The lowest BCUT2D eigenvalue weighted by atomic mass is 9.86. The van der Waals surface area contributed by atoms with Crippen LogP contribution in [0.4, 0.5) is 0 Å². The molecule has 1 fully saturated rings. The summed E-state index contributed by atoms with van der Waals surface area (Å²) in [5.41, 5.74) is 0.900. The van der Waals surface area contributed by atoms with Crippen LogP contribution in [0.2, 0.25) is 0 Å². The molecule has 5 nitrogen and oxygen atoms in total. The van der Waals surface area contributed by atoms with E-state index < -0.39 is 0 Å². The number of aryl methyl sites for hydroxylation is 2. The van der Waals surface area contributed by atoms with E-state index in [9.17, 15) is 9.59 Å². The lowest BCUT2D eigenvalue weighted by Gasteiger charge is -2.29. The molecule has 5 heteroatoms. The van der Waals surface area contributed by atoms with E-state index in [-0.39, 0.29) is 23.9 Å². The smallest absolute Gasteiger partial charge is 0.254 e. The Bertz CT molecular complexity index is 551. The standard InChI is InChI=1S/C15H23N3O2/c1-9-6-4-5-7-13(9)18-14(19)8-12-10(2)16-11(3)17-15(12)20/h9,13H,4-8H2,1-3H3,(H,18,19)(H,16,17,20)/t9-,13-/m1/s1. The zero-order valence-electron chi connectivity index (χ0n) is 12.5. The Morgan fingerprint density at radius 1 is 1.35 bits per heavy atom. The summed E-state index contributed by atoms with van der Waals surface area (Å²) in [7, 11) is 0. The third-order valence-electron chi connectivity index (χ3n) is 4.14. The maximum atomic E-state index is 12.1. The number of amides is 1. The van der Waals surface area contributed by atoms with Crippen molar-refractivity contribution in [2.45, 2.75) is 58.9 Å². The molecule has 1 aliphatic rings. The molecular weight excluding hydrogens is 254 g/mol. The van der Waals surface area contributed by atoms with Crippen LogP contribution in [0.5, 0.6) is 0 Å². The van der Waals surface area contributed by atoms with Gasteiger partial charge in [0.05, 0.1) is 6.42 Å². The number of aromatic nitrogens is 2. The second-order valence-electron chi connectivity index (χ2n) is 5.83. The van der Waals surface area contributed by atoms with Crippen LogP contribution in [-0.2, 0) is 11.2 Å². The van der Waals surface area contributed by atoms with Gasteiger partial charge in [-0.05, 0) is 32.6 Å². The van der Waals surface area contributed by atoms with Gasteiger partial charge >= 0.3 is 0 Å². The highest BCUT2D eigenvalue weighted by Gasteiger charge is 2.23. The third kappa shape index (κ3) is 3.46. The van der Waals surface area contributed by atoms with Crippen LogP contribution < -0.4 is 10.9 Å². The van der Waals surface area contributed by atoms with Gasteiger partial charge < -0.3 is 10.3 Å². The van der Waals surface area contributed by atoms with Gasteiger partial charge in [0, 0.05) is 17.3 Å². The Hall–Kier alpha value is -1.65. The molecule has 2 rings (SSSR count). The molecule has 20 heavy (non-hydrogen) atoms. The van der Waals surface area contributed by atoms with Crippen LogP contribution in [0.3, 0.4) is 0 Å². The fraction of sp³-hybridized carbons (Fsp3) is 0.667. The van der Waals surface area contributed by atoms with Crippen molar-refractivity contribution in [2.75, 3.05) is 0 Å². The molecule has 0 saturated heterocycles. The summed E-state index contributed by atoms with van der Waals surface area (Å²) in [4.78, 5) is 30.9. The van der Waals surface area contributed by atoms with Crippen LogP contribution in [0.1, 0.15) is 49.7 Å². The first-order valence-corrected chi connectivity index (χ1v) is 7.33. The van der Waals surface area contributed by atoms with E-state index in [4.69, 9.17) is 0 Å². The van der Waals surface area contributed by atoms with Gasteiger partial charge in [-0.15, -0.1) is 0 Å². The molecule has 1 aromatic rings. The summed E-state index contributed by atoms with van der Waals surface area (Å²) in [5, 5.41) is 3.07. The largest absolute Gasteiger partial charge is 0.353 e. The average molecular weight is 277 g/mol. The van der Waals surface area contributed by atoms with Crippen LogP contribution in [0.25, 0.3) is 0 Å². The van der Waals surface area contributed by atoms with Crippen molar-refractivity contribution in [1.29, 1.82) is 0 Å². The number of carbonyl (C=O) groups excluding carboxylic acids is 1. The van der Waals surface area contributed by atoms with E-state index in [0.29, 0.717) is 23.0 Å². The lowest BCUT2D eigenvalue weighted by molar-refractivity contribution is -0.121. The number of H-pyrrole nitrogens is 1. The number of hydrogen-bond acceptors (Lipinski definition) is 3. The second-order valence-corrected chi connectivity index (χ2v) is 5.83. The predicted molar refractivity (Wildman–Crippen MR) is 77.6 cm³/mol. The first-order chi connectivity index (χ1) is 9.47. The van der Waals surface area contributed by atoms with Crippen molar-refractivity contribution >= 4 is 5.91 Å². The van der Waals surface area contributed by atoms with Gasteiger partial charge in [0.1, 0.15) is 5.82 Å². The molecule has 1 aromatic heterocycles. The van der Waals surface area contributed by atoms with Gasteiger partial charge in [-0.3, -0.25) is 9.59 Å². The summed E-state index contributed by atoms with van der Waals surface area (Å²) in [5.74, 6) is 1.02. The average Bonchev–Trinajstić information content (AvgIpc) is 2.36. The van der Waals surface area contributed by atoms with E-state index in [1.807, 2.05) is 0 Å². The van der Waals surface area contributed by atoms with Gasteiger partial charge in [-0.25, -0.2) is 4.98 Å². The van der Waals surface area contributed by atoms with Crippen molar-refractivity contribution in [1.82, 2.24) is 15.3 Å². The Morgan fingerprint density at radius 3 is 2.70 bits per heavy atom. The minimum atomic E-state index is -0.207. The van der Waals surface area contributed by atoms with E-state index >= 15 is 0 Å². The molecule has 0 unspecified atom stereocenters. The summed E-state index contributed by atoms with van der Waals surface area (Å²) >= 11 is 0. The van der Waals surface area contributed by atoms with E-state index in [0.717, 1.165) is 12.8 Å². The van der Waals surface area contributed by atoms with Gasteiger partial charge in [-0.1, -0.05) is 19.8 Å². The summed E-state index contributed by atoms with van der Waals surface area (Å²) in [6, 6.07) is 0.244. The highest BCUT2D eigenvalue weighted by Crippen LogP contribution is 2.23. The summed E-state index contributed by atoms with van der Waals surface area (Å²) in [6.07, 6.45) is 4.72. The minimum absolute atomic E-state index is 0.0806. The molecule has 0 spiro atoms. The van der Waals surface area contributed by atoms with Crippen molar-refractivity contribution in [3.63, 3.8) is 0 Å². The van der Waals surface area contributed by atoms with E-state index in [1.54, 1.807) is 13.8 Å². The molecule has 0 aliphatic heterocycles. The van der Waals surface area contributed by atoms with Crippen molar-refractivity contribution in [2.24, 2.45) is 5.92 Å². The monoisotopic (exact) mass is 277 g/mol. The van der Waals surface area contributed by atoms with E-state index in [1.165, 1.54) is 12.8 Å². The third-order valence-corrected chi connectivity index (χ3v) is 4.14. The molecule has 2 N–H and O–H groups in total. The minimum Gasteiger partial charge on any atom is -0.353 e. The number of rotatable bonds is 3. The maximum Gasteiger partial charge on any atom is 0.254 e. The Kier molecular flexibility index (Phi) is 4.57. The first-order valence-electron chi connectivity index (χ1n) is 7.33. The van der Waals surface area contributed by atoms with Crippen LogP contribution in [0.15, 0.2) is 4.79 Å². The maximum absolute atomic E-state index is 12.1. The number of nitrogens with zero attached hydrogens (tertiary/aromatic N) is 1. The molecule has 1 saturated carbocycles. The normalized spacial score (nSPS) is 22.6. The zero-order chi connectivity index (χ0) is 14.7. The zero-order valence-corrected chi connectivity index (χ0v) is 12.5. The second kappa shape index (κ2) is 6.20. The van der Waals surface area contributed by atoms with Crippen LogP contribution in [0, 0.1) is 19.8 Å². The molecule has 2 atom stereocenters. The highest BCUT2D eigenvalue weighted by atomic mass is 16.2. The molecule has 1 aliphatic carbocycles. The number of hydrogen-bond donors (Lipinski definition) is 2. The molecule has 0 bridgehead atoms. The van der Waals surface area contributed by atoms with Gasteiger partial charge in [0.25, 0.3) is 5.56 Å². The van der Waals surface area contributed by atoms with Crippen molar-refractivity contribution in [3.8, 4) is 0 Å². The van der Waals surface area contributed by atoms with Gasteiger partial charge in [0.15, 0.2) is 0 Å². The highest BCUT2D eigenvalue weighted by molar-refractivity contribution is 5.79. The molecule has 110 valence electrons. The molecular formula is C15H23N3O2. The Balaban J connectivity index is 2.03. The fourth-order valence-corrected chi connectivity index (χ4v) is 2.91. The van der Waals surface area contributed by atoms with E-state index in [2.05, 4.69) is 22.2 Å². The number of carbonyl (C=O) groups is 1. The summed E-state index contributed by atoms with van der Waals surface area (Å²) < 4.78 is 0. The Labute approximate surface area is 119 Å². The first kappa shape index (κ1) is 14.8. The molecule has 0 aromatic carbocycles. The molecule has 1 heterocycles. The van der Waals surface area contributed by atoms with Crippen molar-refractivity contribution in [3.05, 3.63) is 27.4 Å². The lowest BCUT2D eigenvalue weighted by Crippen LogP contribution is -2.42. The van der Waals surface area contributed by atoms with Gasteiger partial charge in [-0.2, -0.15) is 0 Å². The number of nitrogens with one attached hydrogen (secondary N) is 2. The molecule has 0 radical (unpaired) electrons. The Morgan fingerprint density at radius 2 is 2.05 bits per heavy atom. The predicted octanol–water partition coefficient (Wildman–Crippen LogP) is 1.62.